The van der Waals surface area contributed by atoms with Crippen LogP contribution in [0.4, 0.5) is 11.4 Å². The highest BCUT2D eigenvalue weighted by Gasteiger charge is 2.16. The SMILES string of the molecule is Cc1ccc(NS(=O)(=O)CCc2ccccc2[N+](=O)[O-])cn1. The maximum Gasteiger partial charge on any atom is 0.272 e. The molecule has 22 heavy (non-hydrogen) atoms. The molecule has 7 nitrogen and oxygen atoms in total. The first-order valence-electron chi connectivity index (χ1n) is 6.53. The molecular formula is C14H15N3O4S. The molecule has 0 saturated carbocycles. The minimum atomic E-state index is -3.60. The Balaban J connectivity index is 2.07. The van der Waals surface area contributed by atoms with Gasteiger partial charge in [-0.3, -0.25) is 19.8 Å². The number of nitrogens with zero attached hydrogens (tertiary/aromatic N) is 2. The van der Waals surface area contributed by atoms with Crippen LogP contribution < -0.4 is 4.72 Å². The highest BCUT2D eigenvalue weighted by atomic mass is 32.2. The van der Waals surface area contributed by atoms with Crippen molar-refractivity contribution in [2.75, 3.05) is 10.5 Å². The number of hydrogen-bond donors (Lipinski definition) is 1. The summed E-state index contributed by atoms with van der Waals surface area (Å²) in [6.07, 6.45) is 1.49. The lowest BCUT2D eigenvalue weighted by Gasteiger charge is -2.08. The molecule has 0 atom stereocenters. The van der Waals surface area contributed by atoms with Gasteiger partial charge in [-0.05, 0) is 25.5 Å². The topological polar surface area (TPSA) is 102 Å². The first-order chi connectivity index (χ1) is 10.4. The number of pyridine rings is 1. The lowest BCUT2D eigenvalue weighted by atomic mass is 10.1. The third-order valence-electron chi connectivity index (χ3n) is 3.01. The van der Waals surface area contributed by atoms with Crippen molar-refractivity contribution in [3.63, 3.8) is 0 Å². The van der Waals surface area contributed by atoms with E-state index in [4.69, 9.17) is 0 Å². The zero-order valence-corrected chi connectivity index (χ0v) is 12.7. The summed E-state index contributed by atoms with van der Waals surface area (Å²) >= 11 is 0. The van der Waals surface area contributed by atoms with E-state index in [2.05, 4.69) is 9.71 Å². The molecule has 1 heterocycles. The third kappa shape index (κ3) is 4.26. The first kappa shape index (κ1) is 15.9. The third-order valence-corrected chi connectivity index (χ3v) is 4.30. The molecule has 0 spiro atoms. The van der Waals surface area contributed by atoms with Gasteiger partial charge >= 0.3 is 0 Å². The Morgan fingerprint density at radius 1 is 1.23 bits per heavy atom. The quantitative estimate of drug-likeness (QED) is 0.649. The molecule has 0 amide bonds. The van der Waals surface area contributed by atoms with E-state index in [0.29, 0.717) is 11.3 Å². The molecule has 1 aromatic heterocycles. The van der Waals surface area contributed by atoms with Gasteiger partial charge < -0.3 is 0 Å². The minimum absolute atomic E-state index is 0.0613. The molecule has 0 aliphatic carbocycles. The molecule has 1 N–H and O–H groups in total. The summed E-state index contributed by atoms with van der Waals surface area (Å²) in [5, 5.41) is 10.9. The van der Waals surface area contributed by atoms with Crippen LogP contribution >= 0.6 is 0 Å². The summed E-state index contributed by atoms with van der Waals surface area (Å²) in [4.78, 5) is 14.4. The van der Waals surface area contributed by atoms with Crippen LogP contribution in [0.5, 0.6) is 0 Å². The van der Waals surface area contributed by atoms with Crippen molar-refractivity contribution in [2.45, 2.75) is 13.3 Å². The van der Waals surface area contributed by atoms with Crippen molar-refractivity contribution in [3.8, 4) is 0 Å². The van der Waals surface area contributed by atoms with Crippen molar-refractivity contribution in [1.29, 1.82) is 0 Å². The molecule has 1 aromatic carbocycles. The van der Waals surface area contributed by atoms with Crippen molar-refractivity contribution >= 4 is 21.4 Å². The van der Waals surface area contributed by atoms with Crippen LogP contribution in [0.3, 0.4) is 0 Å². The minimum Gasteiger partial charge on any atom is -0.282 e. The smallest absolute Gasteiger partial charge is 0.272 e. The highest BCUT2D eigenvalue weighted by molar-refractivity contribution is 7.92. The Labute approximate surface area is 128 Å². The molecule has 0 fully saturated rings. The fourth-order valence-electron chi connectivity index (χ4n) is 1.90. The number of nitrogens with one attached hydrogen (secondary N) is 1. The number of benzene rings is 1. The summed E-state index contributed by atoms with van der Waals surface area (Å²) in [7, 11) is -3.60. The fourth-order valence-corrected chi connectivity index (χ4v) is 2.97. The van der Waals surface area contributed by atoms with Gasteiger partial charge in [0.1, 0.15) is 0 Å². The molecule has 0 radical (unpaired) electrons. The summed E-state index contributed by atoms with van der Waals surface area (Å²) in [5.74, 6) is -0.244. The number of aromatic nitrogens is 1. The lowest BCUT2D eigenvalue weighted by Crippen LogP contribution is -2.18. The maximum absolute atomic E-state index is 12.0. The molecular weight excluding hydrogens is 306 g/mol. The van der Waals surface area contributed by atoms with Gasteiger partial charge in [0, 0.05) is 17.3 Å². The number of aryl methyl sites for hydroxylation is 2. The molecule has 8 heteroatoms. The van der Waals surface area contributed by atoms with Gasteiger partial charge in [-0.15, -0.1) is 0 Å². The number of hydrogen-bond acceptors (Lipinski definition) is 5. The fraction of sp³-hybridized carbons (Fsp3) is 0.214. The molecule has 0 bridgehead atoms. The van der Waals surface area contributed by atoms with Crippen molar-refractivity contribution in [3.05, 3.63) is 64.0 Å². The second kappa shape index (κ2) is 6.52. The van der Waals surface area contributed by atoms with Gasteiger partial charge in [-0.1, -0.05) is 18.2 Å². The van der Waals surface area contributed by atoms with Gasteiger partial charge in [0.2, 0.25) is 10.0 Å². The van der Waals surface area contributed by atoms with Crippen LogP contribution in [0, 0.1) is 17.0 Å². The lowest BCUT2D eigenvalue weighted by molar-refractivity contribution is -0.385. The van der Waals surface area contributed by atoms with E-state index in [-0.39, 0.29) is 17.9 Å². The average molecular weight is 321 g/mol. The molecule has 0 saturated heterocycles. The van der Waals surface area contributed by atoms with Crippen LogP contribution in [0.2, 0.25) is 0 Å². The summed E-state index contributed by atoms with van der Waals surface area (Å²) in [5.41, 5.74) is 1.46. The van der Waals surface area contributed by atoms with Crippen molar-refractivity contribution < 1.29 is 13.3 Å². The Kier molecular flexibility index (Phi) is 4.71. The number of rotatable bonds is 6. The maximum atomic E-state index is 12.0. The Bertz CT molecular complexity index is 773. The Morgan fingerprint density at radius 2 is 1.95 bits per heavy atom. The van der Waals surface area contributed by atoms with E-state index in [1.165, 1.54) is 12.3 Å². The molecule has 0 aliphatic rings. The van der Waals surface area contributed by atoms with Crippen molar-refractivity contribution in [1.82, 2.24) is 4.98 Å². The number of anilines is 1. The number of nitro groups is 1. The van der Waals surface area contributed by atoms with Crippen LogP contribution in [0.25, 0.3) is 0 Å². The van der Waals surface area contributed by atoms with E-state index in [0.717, 1.165) is 5.69 Å². The summed E-state index contributed by atoms with van der Waals surface area (Å²) < 4.78 is 26.5. The zero-order valence-electron chi connectivity index (χ0n) is 11.9. The molecule has 2 rings (SSSR count). The van der Waals surface area contributed by atoms with Gasteiger partial charge in [0.15, 0.2) is 0 Å². The zero-order chi connectivity index (χ0) is 16.2. The molecule has 116 valence electrons. The predicted molar refractivity (Wildman–Crippen MR) is 83.2 cm³/mol. The largest absolute Gasteiger partial charge is 0.282 e. The van der Waals surface area contributed by atoms with E-state index in [9.17, 15) is 18.5 Å². The number of sulfonamides is 1. The second-order valence-corrected chi connectivity index (χ2v) is 6.59. The van der Waals surface area contributed by atoms with Crippen LogP contribution in [0.15, 0.2) is 42.6 Å². The molecule has 2 aromatic rings. The van der Waals surface area contributed by atoms with Gasteiger partial charge in [-0.2, -0.15) is 0 Å². The van der Waals surface area contributed by atoms with Crippen LogP contribution in [0.1, 0.15) is 11.3 Å². The molecule has 0 unspecified atom stereocenters. The van der Waals surface area contributed by atoms with Crippen molar-refractivity contribution in [2.24, 2.45) is 0 Å². The monoisotopic (exact) mass is 321 g/mol. The van der Waals surface area contributed by atoms with E-state index >= 15 is 0 Å². The standard InChI is InChI=1S/C14H15N3O4S/c1-11-6-7-13(10-15-11)16-22(20,21)9-8-12-4-2-3-5-14(12)17(18)19/h2-7,10,16H,8-9H2,1H3. The second-order valence-electron chi connectivity index (χ2n) is 4.75. The Morgan fingerprint density at radius 3 is 2.59 bits per heavy atom. The van der Waals surface area contributed by atoms with Gasteiger partial charge in [0.05, 0.1) is 22.6 Å². The first-order valence-corrected chi connectivity index (χ1v) is 8.18. The van der Waals surface area contributed by atoms with E-state index in [1.807, 2.05) is 0 Å². The number of para-hydroxylation sites is 1. The highest BCUT2D eigenvalue weighted by Crippen LogP contribution is 2.19. The van der Waals surface area contributed by atoms with Gasteiger partial charge in [-0.25, -0.2) is 8.42 Å². The normalized spacial score (nSPS) is 11.1. The van der Waals surface area contributed by atoms with Crippen LogP contribution in [-0.4, -0.2) is 24.1 Å². The summed E-state index contributed by atoms with van der Waals surface area (Å²) in [6.45, 7) is 1.80. The predicted octanol–water partition coefficient (Wildman–Crippen LogP) is 2.28. The number of nitro benzene ring substituents is 1. The summed E-state index contributed by atoms with van der Waals surface area (Å²) in [6, 6.07) is 9.42. The Hall–Kier alpha value is -2.48. The van der Waals surface area contributed by atoms with Crippen LogP contribution in [-0.2, 0) is 16.4 Å². The average Bonchev–Trinajstić information content (AvgIpc) is 2.48. The van der Waals surface area contributed by atoms with E-state index in [1.54, 1.807) is 37.3 Å². The van der Waals surface area contributed by atoms with E-state index < -0.39 is 14.9 Å². The van der Waals surface area contributed by atoms with Gasteiger partial charge in [0.25, 0.3) is 5.69 Å². The molecule has 0 aliphatic heterocycles.